The zero-order valence-corrected chi connectivity index (χ0v) is 49.4. The molecule has 440 valence electrons. The maximum atomic E-state index is 13.1. The number of pyridine rings is 4. The number of halogens is 2. The van der Waals surface area contributed by atoms with Gasteiger partial charge < -0.3 is 37.1 Å². The minimum Gasteiger partial charge on any atom is -0.478 e. The van der Waals surface area contributed by atoms with Gasteiger partial charge in [-0.1, -0.05) is 23.2 Å². The summed E-state index contributed by atoms with van der Waals surface area (Å²) in [6.45, 7) is 19.0. The Morgan fingerprint density at radius 1 is 0.624 bits per heavy atom. The summed E-state index contributed by atoms with van der Waals surface area (Å²) in [7, 11) is 0. The molecule has 0 saturated heterocycles. The van der Waals surface area contributed by atoms with Gasteiger partial charge in [-0.15, -0.1) is 0 Å². The van der Waals surface area contributed by atoms with Crippen molar-refractivity contribution < 1.29 is 43.3 Å². The number of nitrogens with one attached hydrogen (secondary N) is 3. The number of rotatable bonds is 13. The van der Waals surface area contributed by atoms with Gasteiger partial charge in [0, 0.05) is 60.0 Å². The number of carboxylic acid groups (broad SMARTS) is 1. The number of fused-ring (bicyclic) bond motifs is 2. The normalized spacial score (nSPS) is 11.0. The number of nitriles is 2. The number of amides is 5. The maximum Gasteiger partial charge on any atom is 0.413 e. The molecule has 85 heavy (non-hydrogen) atoms. The Labute approximate surface area is 497 Å². The number of ether oxygens (including phenoxy) is 2. The van der Waals surface area contributed by atoms with Crippen molar-refractivity contribution >= 4 is 92.5 Å². The molecule has 0 radical (unpaired) electrons. The summed E-state index contributed by atoms with van der Waals surface area (Å²) in [4.78, 5) is 88.7. The highest BCUT2D eigenvalue weighted by molar-refractivity contribution is 6.31. The van der Waals surface area contributed by atoms with E-state index < -0.39 is 47.1 Å². The number of benzene rings is 2. The van der Waals surface area contributed by atoms with Crippen LogP contribution in [-0.4, -0.2) is 91.7 Å². The van der Waals surface area contributed by atoms with E-state index in [-0.39, 0.29) is 53.3 Å². The van der Waals surface area contributed by atoms with Crippen LogP contribution < -0.4 is 33.2 Å². The number of aryl methyl sites for hydroxylation is 4. The first-order chi connectivity index (χ1) is 39.8. The Morgan fingerprint density at radius 2 is 1.04 bits per heavy atom. The van der Waals surface area contributed by atoms with Gasteiger partial charge in [-0.25, -0.2) is 24.4 Å². The van der Waals surface area contributed by atoms with Crippen LogP contribution in [0.5, 0.6) is 0 Å². The number of hydrogen-bond acceptors (Lipinski definition) is 17. The van der Waals surface area contributed by atoms with Crippen LogP contribution in [0.3, 0.4) is 0 Å². The lowest BCUT2D eigenvalue weighted by atomic mass is 10.0. The van der Waals surface area contributed by atoms with Gasteiger partial charge >= 0.3 is 18.2 Å². The topological polar surface area (TPSA) is 390 Å². The molecule has 8 aromatic rings. The number of primary amides is 2. The molecule has 8 rings (SSSR count). The van der Waals surface area contributed by atoms with Gasteiger partial charge in [0.25, 0.3) is 17.7 Å². The Kier molecular flexibility index (Phi) is 20.3. The van der Waals surface area contributed by atoms with Crippen LogP contribution in [0.2, 0.25) is 10.0 Å². The molecule has 6 heterocycles. The van der Waals surface area contributed by atoms with Crippen molar-refractivity contribution in [3.8, 4) is 12.1 Å². The van der Waals surface area contributed by atoms with Crippen molar-refractivity contribution in [3.05, 3.63) is 162 Å². The standard InChI is InChI=1S/C29H29ClN8O4.C16H10ClN5O3.C13H21N3O2/c1-15-6-24(36-28(41)42-29(3,4)5)35-16(2)21(15)12-34-27(40)22-14-38(37-23(22)10-31)13-17-7-18-9-19(30)11-33-25(18)20(8-17)26(32)39;17-10-3-9-1-8(2-11(15(19)23)14(9)20-5-10)6-22-7-12(16(24)25)13(4-18)21-22;1-8-6-11(15-9(2)10(8)7-14)16-12(17)18-13(3,4)5/h6-9,11,14H,12-13H2,1-5H3,(H2,32,39)(H,34,40)(H,35,36,41);1-3,5,7H,6H2,(H2,19,23)(H,24,25);6H,7,14H2,1-5H3,(H,15,16,17). The van der Waals surface area contributed by atoms with E-state index in [1.165, 1.54) is 34.2 Å². The number of carbonyl (C=O) groups is 6. The molecule has 0 aliphatic heterocycles. The fourth-order valence-corrected chi connectivity index (χ4v) is 8.83. The summed E-state index contributed by atoms with van der Waals surface area (Å²) in [6, 6.07) is 17.2. The SMILES string of the molecule is Cc1cc(NC(=O)OC(C)(C)C)nc(C)c1CN.Cc1cc(NC(=O)OC(C)(C)C)nc(C)c1CNC(=O)c1cn(Cc2cc(C(N)=O)c3ncc(Cl)cc3c2)nc1C#N.N#Cc1nn(Cc2cc(C(N)=O)c3ncc(Cl)cc3c2)cc1C(=O)O. The third-order valence-corrected chi connectivity index (χ3v) is 12.5. The fourth-order valence-electron chi connectivity index (χ4n) is 8.50. The van der Waals surface area contributed by atoms with Gasteiger partial charge in [0.2, 0.25) is 0 Å². The van der Waals surface area contributed by atoms with Crippen LogP contribution >= 0.6 is 23.2 Å². The van der Waals surface area contributed by atoms with Crippen LogP contribution in [-0.2, 0) is 35.7 Å². The fraction of sp³-hybridized carbons (Fsp3) is 0.276. The summed E-state index contributed by atoms with van der Waals surface area (Å²) >= 11 is 12.0. The van der Waals surface area contributed by atoms with Gasteiger partial charge in [-0.05, 0) is 151 Å². The van der Waals surface area contributed by atoms with E-state index in [2.05, 4.69) is 46.1 Å². The second-order valence-electron chi connectivity index (χ2n) is 21.1. The summed E-state index contributed by atoms with van der Waals surface area (Å²) in [6.07, 6.45) is 4.44. The average Bonchev–Trinajstić information content (AvgIpc) is 2.42. The van der Waals surface area contributed by atoms with E-state index in [1.807, 2.05) is 47.6 Å². The van der Waals surface area contributed by atoms with Gasteiger partial charge in [0.1, 0.15) is 40.5 Å². The predicted molar refractivity (Wildman–Crippen MR) is 316 cm³/mol. The molecule has 0 saturated carbocycles. The lowest BCUT2D eigenvalue weighted by Gasteiger charge is -2.20. The van der Waals surface area contributed by atoms with Crippen LogP contribution in [0.1, 0.15) is 139 Å². The summed E-state index contributed by atoms with van der Waals surface area (Å²) < 4.78 is 13.2. The van der Waals surface area contributed by atoms with E-state index >= 15 is 0 Å². The van der Waals surface area contributed by atoms with Crippen molar-refractivity contribution in [2.75, 3.05) is 10.6 Å². The highest BCUT2D eigenvalue weighted by atomic mass is 35.5. The highest BCUT2D eigenvalue weighted by Crippen LogP contribution is 2.26. The van der Waals surface area contributed by atoms with Gasteiger partial charge in [0.05, 0.1) is 50.9 Å². The Balaban J connectivity index is 0.000000227. The summed E-state index contributed by atoms with van der Waals surface area (Å²) in [5.41, 5.74) is 22.6. The van der Waals surface area contributed by atoms with Gasteiger partial charge in [0.15, 0.2) is 11.4 Å². The molecule has 0 bridgehead atoms. The number of anilines is 2. The first-order valence-electron chi connectivity index (χ1n) is 25.7. The molecule has 6 aromatic heterocycles. The molecular formula is C58H60Cl2N16O9. The molecule has 27 heteroatoms. The number of nitrogens with zero attached hydrogens (tertiary/aromatic N) is 10. The third-order valence-electron chi connectivity index (χ3n) is 12.0. The minimum atomic E-state index is -1.24. The third kappa shape index (κ3) is 17.2. The van der Waals surface area contributed by atoms with Crippen LogP contribution in [0, 0.1) is 50.4 Å². The zero-order chi connectivity index (χ0) is 62.8. The van der Waals surface area contributed by atoms with Crippen molar-refractivity contribution in [2.45, 2.75) is 107 Å². The van der Waals surface area contributed by atoms with Crippen LogP contribution in [0.25, 0.3) is 21.8 Å². The largest absolute Gasteiger partial charge is 0.478 e. The van der Waals surface area contributed by atoms with E-state index in [1.54, 1.807) is 82.3 Å². The lowest BCUT2D eigenvalue weighted by Crippen LogP contribution is -2.28. The maximum absolute atomic E-state index is 13.1. The van der Waals surface area contributed by atoms with Crippen molar-refractivity contribution in [2.24, 2.45) is 17.2 Å². The second-order valence-corrected chi connectivity index (χ2v) is 22.0. The van der Waals surface area contributed by atoms with Crippen molar-refractivity contribution in [1.29, 1.82) is 10.5 Å². The van der Waals surface area contributed by atoms with Gasteiger partial charge in [-0.3, -0.25) is 44.3 Å². The number of hydrogen-bond donors (Lipinski definition) is 7. The van der Waals surface area contributed by atoms with E-state index in [9.17, 15) is 34.0 Å². The van der Waals surface area contributed by atoms with E-state index in [4.69, 9.17) is 60.2 Å². The molecule has 0 aliphatic rings. The predicted octanol–water partition coefficient (Wildman–Crippen LogP) is 8.70. The number of aromatic nitrogens is 8. The molecule has 10 N–H and O–H groups in total. The van der Waals surface area contributed by atoms with Crippen molar-refractivity contribution in [1.82, 2.24) is 44.8 Å². The Hall–Kier alpha value is -10.1. The second kappa shape index (κ2) is 26.9. The van der Waals surface area contributed by atoms with Crippen molar-refractivity contribution in [3.63, 3.8) is 0 Å². The smallest absolute Gasteiger partial charge is 0.413 e. The number of aromatic carboxylic acids is 1. The molecule has 0 atom stereocenters. The van der Waals surface area contributed by atoms with E-state index in [0.717, 1.165) is 27.9 Å². The quantitative estimate of drug-likeness (QED) is 0.0567. The summed E-state index contributed by atoms with van der Waals surface area (Å²) in [5.74, 6) is -2.23. The number of carbonyl (C=O) groups excluding carboxylic acids is 5. The van der Waals surface area contributed by atoms with Crippen LogP contribution in [0.4, 0.5) is 21.2 Å². The molecule has 0 unspecified atom stereocenters. The number of carboxylic acids is 1. The van der Waals surface area contributed by atoms with E-state index in [0.29, 0.717) is 66.9 Å². The monoisotopic (exact) mass is 1190 g/mol. The molecule has 5 amide bonds. The average molecular weight is 1200 g/mol. The highest BCUT2D eigenvalue weighted by Gasteiger charge is 2.22. The Morgan fingerprint density at radius 3 is 1.40 bits per heavy atom. The van der Waals surface area contributed by atoms with Gasteiger partial charge in [-0.2, -0.15) is 20.7 Å². The molecular weight excluding hydrogens is 1140 g/mol. The first-order valence-corrected chi connectivity index (χ1v) is 26.5. The molecule has 0 spiro atoms. The molecule has 2 aromatic carbocycles. The zero-order valence-electron chi connectivity index (χ0n) is 47.9. The first kappa shape index (κ1) is 64.1. The molecule has 0 fully saturated rings. The molecule has 0 aliphatic carbocycles. The number of nitrogens with two attached hydrogens (primary N) is 3. The summed E-state index contributed by atoms with van der Waals surface area (Å²) in [5, 5.41) is 45.9. The van der Waals surface area contributed by atoms with Crippen LogP contribution in [0.15, 0.2) is 73.3 Å². The Bertz CT molecular complexity index is 3990. The molecule has 25 nitrogen and oxygen atoms in total. The lowest BCUT2D eigenvalue weighted by molar-refractivity contribution is 0.0624. The minimum absolute atomic E-state index is 0.0587.